The number of nitrogens with two attached hydrogens (primary N) is 1. The number of carbonyl (C=O) groups excluding carboxylic acids is 6. The second kappa shape index (κ2) is 11.6. The van der Waals surface area contributed by atoms with Gasteiger partial charge >= 0.3 is 23.8 Å². The van der Waals surface area contributed by atoms with Crippen LogP contribution in [-0.4, -0.2) is 91.8 Å². The Morgan fingerprint density at radius 3 is 2.44 bits per heavy atom. The number of hydrogen-bond acceptors (Lipinski definition) is 10. The van der Waals surface area contributed by atoms with Gasteiger partial charge < -0.3 is 20.3 Å². The van der Waals surface area contributed by atoms with Gasteiger partial charge in [0.2, 0.25) is 11.6 Å². The van der Waals surface area contributed by atoms with Crippen LogP contribution in [0.1, 0.15) is 37.3 Å². The van der Waals surface area contributed by atoms with Crippen molar-refractivity contribution in [3.8, 4) is 0 Å². The molecule has 15 heteroatoms. The Balaban J connectivity index is 1.28. The molecular formula is C28H32N6O7S2. The third-order valence-electron chi connectivity index (χ3n) is 7.87. The topological polar surface area (TPSA) is 171 Å². The molecule has 43 heavy (non-hydrogen) atoms. The van der Waals surface area contributed by atoms with Crippen molar-refractivity contribution in [2.24, 2.45) is 5.73 Å². The average Bonchev–Trinajstić information content (AvgIpc) is 3.59. The first-order chi connectivity index (χ1) is 20.4. The van der Waals surface area contributed by atoms with Crippen LogP contribution in [0.3, 0.4) is 0 Å². The maximum Gasteiger partial charge on any atom is 0.349 e. The number of hydrogen-bond donors (Lipinski definition) is 3. The molecule has 4 atom stereocenters. The van der Waals surface area contributed by atoms with E-state index in [4.69, 9.17) is 10.5 Å². The zero-order valence-electron chi connectivity index (χ0n) is 23.8. The molecule has 1 unspecified atom stereocenters. The van der Waals surface area contributed by atoms with Gasteiger partial charge in [0.15, 0.2) is 0 Å². The molecule has 13 nitrogen and oxygen atoms in total. The Kier molecular flexibility index (Phi) is 8.24. The van der Waals surface area contributed by atoms with Crippen molar-refractivity contribution in [1.82, 2.24) is 25.3 Å². The van der Waals surface area contributed by atoms with Gasteiger partial charge in [-0.1, -0.05) is 36.4 Å². The van der Waals surface area contributed by atoms with Crippen molar-refractivity contribution in [3.05, 3.63) is 58.3 Å². The number of nitrogens with one attached hydrogen (secondary N) is 2. The summed E-state index contributed by atoms with van der Waals surface area (Å²) in [6.07, 6.45) is 0. The summed E-state index contributed by atoms with van der Waals surface area (Å²) in [6, 6.07) is 9.22. The zero-order valence-corrected chi connectivity index (χ0v) is 25.4. The van der Waals surface area contributed by atoms with Crippen molar-refractivity contribution in [2.45, 2.75) is 55.2 Å². The maximum absolute atomic E-state index is 13.6. The van der Waals surface area contributed by atoms with E-state index in [2.05, 4.69) is 10.6 Å². The van der Waals surface area contributed by atoms with Gasteiger partial charge in [0.05, 0.1) is 4.75 Å². The summed E-state index contributed by atoms with van der Waals surface area (Å²) >= 11 is 2.46. The van der Waals surface area contributed by atoms with E-state index in [9.17, 15) is 28.8 Å². The second-order valence-electron chi connectivity index (χ2n) is 10.8. The van der Waals surface area contributed by atoms with Crippen LogP contribution in [0.5, 0.6) is 0 Å². The highest BCUT2D eigenvalue weighted by Crippen LogP contribution is 2.55. The number of fused-ring (bicyclic) bond motifs is 1. The molecule has 4 heterocycles. The van der Waals surface area contributed by atoms with E-state index in [-0.39, 0.29) is 19.7 Å². The van der Waals surface area contributed by atoms with Crippen LogP contribution in [-0.2, 0) is 35.3 Å². The number of esters is 1. The average molecular weight is 629 g/mol. The fraction of sp³-hybridized carbons (Fsp3) is 0.429. The Bertz CT molecular complexity index is 1450. The molecule has 3 saturated heterocycles. The molecule has 2 aromatic rings. The molecule has 4 N–H and O–H groups in total. The van der Waals surface area contributed by atoms with Gasteiger partial charge in [-0.25, -0.2) is 9.59 Å². The minimum atomic E-state index is -1.79. The van der Waals surface area contributed by atoms with E-state index in [0.29, 0.717) is 11.4 Å². The molecule has 228 valence electrons. The molecule has 5 rings (SSSR count). The third kappa shape index (κ3) is 5.25. The monoisotopic (exact) mass is 628 g/mol. The molecule has 0 bridgehead atoms. The molecule has 3 aliphatic heterocycles. The first-order valence-corrected chi connectivity index (χ1v) is 15.4. The smallest absolute Gasteiger partial charge is 0.349 e. The normalized spacial score (nSPS) is 25.1. The van der Waals surface area contributed by atoms with E-state index in [1.54, 1.807) is 50.4 Å². The number of likely N-dealkylation sites (N-methyl/N-ethyl adjacent to an activating group) is 1. The van der Waals surface area contributed by atoms with E-state index in [0.717, 1.165) is 10.5 Å². The molecule has 0 spiro atoms. The van der Waals surface area contributed by atoms with Crippen LogP contribution < -0.4 is 16.4 Å². The highest BCUT2D eigenvalue weighted by atomic mass is 32.2. The quantitative estimate of drug-likeness (QED) is 0.217. The van der Waals surface area contributed by atoms with E-state index in [1.807, 2.05) is 18.2 Å². The van der Waals surface area contributed by atoms with Crippen LogP contribution in [0, 0.1) is 0 Å². The van der Waals surface area contributed by atoms with Gasteiger partial charge in [-0.05, 0) is 37.8 Å². The molecule has 6 amide bonds. The lowest BCUT2D eigenvalue weighted by molar-refractivity contribution is -0.176. The lowest BCUT2D eigenvalue weighted by Gasteiger charge is -2.48. The number of piperazine rings is 1. The number of β-lactam (4-membered cyclic amide) rings is 1. The van der Waals surface area contributed by atoms with Crippen molar-refractivity contribution < 1.29 is 33.5 Å². The molecule has 0 aliphatic carbocycles. The lowest BCUT2D eigenvalue weighted by Crippen LogP contribution is -2.79. The summed E-state index contributed by atoms with van der Waals surface area (Å²) in [6.45, 7) is 5.67. The van der Waals surface area contributed by atoms with Crippen LogP contribution in [0.15, 0.2) is 47.8 Å². The highest BCUT2D eigenvalue weighted by molar-refractivity contribution is 8.01. The van der Waals surface area contributed by atoms with Gasteiger partial charge in [0.25, 0.3) is 5.91 Å². The summed E-state index contributed by atoms with van der Waals surface area (Å²) in [5.41, 5.74) is 5.59. The minimum Gasteiger partial charge on any atom is -0.458 e. The predicted molar refractivity (Wildman–Crippen MR) is 157 cm³/mol. The van der Waals surface area contributed by atoms with Crippen molar-refractivity contribution in [3.63, 3.8) is 0 Å². The predicted octanol–water partition coefficient (Wildman–Crippen LogP) is 0.766. The van der Waals surface area contributed by atoms with E-state index >= 15 is 0 Å². The number of thioether (sulfide) groups is 1. The molecular weight excluding hydrogens is 596 g/mol. The highest BCUT2D eigenvalue weighted by Gasteiger charge is 2.72. The molecule has 1 aromatic carbocycles. The third-order valence-corrected chi connectivity index (χ3v) is 10.4. The molecule has 0 saturated carbocycles. The maximum atomic E-state index is 13.6. The van der Waals surface area contributed by atoms with Gasteiger partial charge in [-0.2, -0.15) is 0 Å². The van der Waals surface area contributed by atoms with E-state index < -0.39 is 63.5 Å². The van der Waals surface area contributed by atoms with E-state index in [1.165, 1.54) is 32.9 Å². The minimum absolute atomic E-state index is 0.0178. The Morgan fingerprint density at radius 2 is 1.79 bits per heavy atom. The SMILES string of the molecule is CCN1CCN(C(=O)NC(C(=O)N[C@H]2C(=O)N3[C@@H]2SC(C)(C)[C@]3(N)C(=O)OCc2ccccc2)c2cccs2)C(=O)C1=O. The Morgan fingerprint density at radius 1 is 1.07 bits per heavy atom. The van der Waals surface area contributed by atoms with Crippen molar-refractivity contribution in [1.29, 1.82) is 0 Å². The summed E-state index contributed by atoms with van der Waals surface area (Å²) in [5, 5.41) is 6.29. The van der Waals surface area contributed by atoms with Gasteiger partial charge in [0.1, 0.15) is 24.1 Å². The van der Waals surface area contributed by atoms with Gasteiger partial charge in [-0.3, -0.25) is 34.7 Å². The fourth-order valence-corrected chi connectivity index (χ4v) is 7.72. The number of urea groups is 1. The molecule has 3 fully saturated rings. The number of amides is 6. The van der Waals surface area contributed by atoms with Crippen LogP contribution in [0.2, 0.25) is 0 Å². The van der Waals surface area contributed by atoms with Crippen LogP contribution in [0.25, 0.3) is 0 Å². The number of thiophene rings is 1. The van der Waals surface area contributed by atoms with Crippen LogP contribution >= 0.6 is 23.1 Å². The summed E-state index contributed by atoms with van der Waals surface area (Å²) in [7, 11) is 0. The number of nitrogens with zero attached hydrogens (tertiary/aromatic N) is 3. The largest absolute Gasteiger partial charge is 0.458 e. The Labute approximate surface area is 256 Å². The fourth-order valence-electron chi connectivity index (χ4n) is 5.28. The number of ether oxygens (including phenoxy) is 1. The van der Waals surface area contributed by atoms with Crippen molar-refractivity contribution >= 4 is 58.7 Å². The zero-order chi connectivity index (χ0) is 31.1. The first kappa shape index (κ1) is 30.5. The second-order valence-corrected chi connectivity index (χ2v) is 13.5. The van der Waals surface area contributed by atoms with Crippen LogP contribution in [0.4, 0.5) is 4.79 Å². The molecule has 0 radical (unpaired) electrons. The lowest BCUT2D eigenvalue weighted by atomic mass is 9.89. The van der Waals surface area contributed by atoms with Crippen molar-refractivity contribution in [2.75, 3.05) is 19.6 Å². The number of rotatable bonds is 8. The standard InChI is InChI=1S/C28H32N6O7S2/c1-4-32-12-13-33(23(38)22(32)37)26(40)31-18(17-11-8-14-42-17)20(35)30-19-21(36)34-24(19)43-27(2,3)28(34,29)25(39)41-15-16-9-6-5-7-10-16/h5-11,14,18-19,24H,4,12-13,15,29H2,1-3H3,(H,30,35)(H,31,40)/t18?,19-,24+,28-/m0/s1. The van der Waals surface area contributed by atoms with Gasteiger partial charge in [0, 0.05) is 24.5 Å². The molecule has 3 aliphatic rings. The first-order valence-electron chi connectivity index (χ1n) is 13.7. The number of carbonyl (C=O) groups is 6. The number of imide groups is 1. The summed E-state index contributed by atoms with van der Waals surface area (Å²) in [4.78, 5) is 82.0. The summed E-state index contributed by atoms with van der Waals surface area (Å²) in [5.74, 6) is -3.80. The summed E-state index contributed by atoms with van der Waals surface area (Å²) < 4.78 is 4.56. The Hall–Kier alpha value is -3.95. The number of benzene rings is 1. The molecule has 1 aromatic heterocycles. The van der Waals surface area contributed by atoms with Gasteiger partial charge in [-0.15, -0.1) is 23.1 Å².